The molecule has 2 N–H and O–H groups in total. The highest BCUT2D eigenvalue weighted by molar-refractivity contribution is 6.05. The van der Waals surface area contributed by atoms with Crippen LogP contribution in [0.15, 0.2) is 54.7 Å². The van der Waals surface area contributed by atoms with Crippen LogP contribution >= 0.6 is 0 Å². The van der Waals surface area contributed by atoms with E-state index in [9.17, 15) is 4.79 Å². The van der Waals surface area contributed by atoms with Crippen molar-refractivity contribution in [3.63, 3.8) is 0 Å². The summed E-state index contributed by atoms with van der Waals surface area (Å²) >= 11 is 0. The number of rotatable bonds is 5. The number of nitrogens with zero attached hydrogens (tertiary/aromatic N) is 1. The lowest BCUT2D eigenvalue weighted by atomic mass is 10.1. The Morgan fingerprint density at radius 3 is 2.79 bits per heavy atom. The van der Waals surface area contributed by atoms with Crippen molar-refractivity contribution in [1.29, 1.82) is 0 Å². The van der Waals surface area contributed by atoms with Gasteiger partial charge in [0.1, 0.15) is 5.82 Å². The van der Waals surface area contributed by atoms with E-state index in [1.165, 1.54) is 0 Å². The molecule has 0 unspecified atom stereocenters. The predicted molar refractivity (Wildman–Crippen MR) is 108 cm³/mol. The maximum absolute atomic E-state index is 12.6. The largest absolute Gasteiger partial charge is 0.454 e. The number of carbonyl (C=O) groups is 1. The van der Waals surface area contributed by atoms with E-state index in [2.05, 4.69) is 15.6 Å². The van der Waals surface area contributed by atoms with E-state index in [-0.39, 0.29) is 12.7 Å². The average molecular weight is 375 g/mol. The second-order valence-electron chi connectivity index (χ2n) is 6.74. The Hall–Kier alpha value is -3.54. The van der Waals surface area contributed by atoms with Gasteiger partial charge < -0.3 is 20.1 Å². The molecule has 2 heterocycles. The number of ether oxygens (including phenoxy) is 2. The number of hydrogen-bond donors (Lipinski definition) is 2. The van der Waals surface area contributed by atoms with Crippen LogP contribution in [0.2, 0.25) is 0 Å². The molecule has 28 heavy (non-hydrogen) atoms. The van der Waals surface area contributed by atoms with Gasteiger partial charge in [0.05, 0.1) is 0 Å². The van der Waals surface area contributed by atoms with Crippen molar-refractivity contribution in [3.05, 3.63) is 77.0 Å². The Morgan fingerprint density at radius 2 is 1.89 bits per heavy atom. The van der Waals surface area contributed by atoms with Gasteiger partial charge in [0.2, 0.25) is 6.79 Å². The number of nitrogens with one attached hydrogen (secondary N) is 2. The molecule has 1 aliphatic rings. The molecule has 2 aromatic carbocycles. The van der Waals surface area contributed by atoms with Crippen molar-refractivity contribution in [1.82, 2.24) is 4.98 Å². The molecule has 0 radical (unpaired) electrons. The molecular weight excluding hydrogens is 354 g/mol. The van der Waals surface area contributed by atoms with Crippen LogP contribution < -0.4 is 20.1 Å². The zero-order valence-corrected chi connectivity index (χ0v) is 15.8. The minimum Gasteiger partial charge on any atom is -0.454 e. The lowest BCUT2D eigenvalue weighted by Gasteiger charge is -2.11. The number of carbonyl (C=O) groups excluding carboxylic acids is 1. The number of pyridine rings is 1. The summed E-state index contributed by atoms with van der Waals surface area (Å²) in [5, 5.41) is 6.22. The number of hydrogen-bond acceptors (Lipinski definition) is 5. The normalized spacial score (nSPS) is 11.9. The van der Waals surface area contributed by atoms with Gasteiger partial charge in [-0.2, -0.15) is 0 Å². The number of aromatic nitrogens is 1. The van der Waals surface area contributed by atoms with Gasteiger partial charge in [0.15, 0.2) is 11.5 Å². The fraction of sp³-hybridized carbons (Fsp3) is 0.182. The average Bonchev–Trinajstić information content (AvgIpc) is 3.17. The van der Waals surface area contributed by atoms with E-state index in [0.717, 1.165) is 33.9 Å². The van der Waals surface area contributed by atoms with Crippen molar-refractivity contribution in [2.45, 2.75) is 20.4 Å². The van der Waals surface area contributed by atoms with Crippen LogP contribution in [0.25, 0.3) is 0 Å². The van der Waals surface area contributed by atoms with Gasteiger partial charge in [-0.15, -0.1) is 0 Å². The summed E-state index contributed by atoms with van der Waals surface area (Å²) in [7, 11) is 0. The standard InChI is InChI=1S/C22H21N3O3/c1-14-3-4-15(2)18(9-14)25-22(26)17-7-8-23-21(11-17)24-12-16-5-6-19-20(10-16)28-13-27-19/h3-11H,12-13H2,1-2H3,(H,23,24)(H,25,26). The number of amides is 1. The Morgan fingerprint density at radius 1 is 1.04 bits per heavy atom. The van der Waals surface area contributed by atoms with E-state index < -0.39 is 0 Å². The quantitative estimate of drug-likeness (QED) is 0.696. The third-order valence-electron chi connectivity index (χ3n) is 4.57. The molecule has 0 spiro atoms. The molecule has 1 aliphatic heterocycles. The first kappa shape index (κ1) is 17.9. The van der Waals surface area contributed by atoms with Crippen LogP contribution in [-0.4, -0.2) is 17.7 Å². The minimum absolute atomic E-state index is 0.165. The first-order chi connectivity index (χ1) is 13.6. The molecule has 3 aromatic rings. The molecular formula is C22H21N3O3. The molecule has 4 rings (SSSR count). The van der Waals surface area contributed by atoms with E-state index in [1.54, 1.807) is 18.3 Å². The van der Waals surface area contributed by atoms with Crippen molar-refractivity contribution in [2.24, 2.45) is 0 Å². The van der Waals surface area contributed by atoms with Gasteiger partial charge in [0, 0.05) is 24.0 Å². The zero-order valence-electron chi connectivity index (χ0n) is 15.8. The Bertz CT molecular complexity index is 1030. The van der Waals surface area contributed by atoms with Gasteiger partial charge in [0.25, 0.3) is 5.91 Å². The summed E-state index contributed by atoms with van der Waals surface area (Å²) in [5.74, 6) is 1.97. The van der Waals surface area contributed by atoms with Crippen molar-refractivity contribution in [3.8, 4) is 11.5 Å². The molecule has 0 saturated heterocycles. The molecule has 6 heteroatoms. The number of benzene rings is 2. The SMILES string of the molecule is Cc1ccc(C)c(NC(=O)c2ccnc(NCc3ccc4c(c3)OCO4)c2)c1. The van der Waals surface area contributed by atoms with Crippen LogP contribution in [-0.2, 0) is 6.54 Å². The summed E-state index contributed by atoms with van der Waals surface area (Å²) < 4.78 is 10.7. The molecule has 0 aliphatic carbocycles. The number of fused-ring (bicyclic) bond motifs is 1. The molecule has 0 saturated carbocycles. The Labute approximate surface area is 163 Å². The second-order valence-corrected chi connectivity index (χ2v) is 6.74. The highest BCUT2D eigenvalue weighted by atomic mass is 16.7. The van der Waals surface area contributed by atoms with Gasteiger partial charge in [-0.05, 0) is 60.9 Å². The van der Waals surface area contributed by atoms with Gasteiger partial charge in [-0.1, -0.05) is 18.2 Å². The smallest absolute Gasteiger partial charge is 0.255 e. The summed E-state index contributed by atoms with van der Waals surface area (Å²) in [6, 6.07) is 15.2. The van der Waals surface area contributed by atoms with E-state index in [1.807, 2.05) is 50.2 Å². The topological polar surface area (TPSA) is 72.5 Å². The van der Waals surface area contributed by atoms with Gasteiger partial charge in [-0.25, -0.2) is 4.98 Å². The first-order valence-corrected chi connectivity index (χ1v) is 9.05. The summed E-state index contributed by atoms with van der Waals surface area (Å²) in [5.41, 5.74) is 4.52. The van der Waals surface area contributed by atoms with E-state index in [0.29, 0.717) is 17.9 Å². The van der Waals surface area contributed by atoms with Crippen LogP contribution in [0, 0.1) is 13.8 Å². The fourth-order valence-electron chi connectivity index (χ4n) is 2.98. The third kappa shape index (κ3) is 3.91. The molecule has 142 valence electrons. The van der Waals surface area contributed by atoms with Crippen LogP contribution in [0.3, 0.4) is 0 Å². The molecule has 1 amide bonds. The van der Waals surface area contributed by atoms with Crippen molar-refractivity contribution in [2.75, 3.05) is 17.4 Å². The monoisotopic (exact) mass is 375 g/mol. The van der Waals surface area contributed by atoms with Crippen LogP contribution in [0.1, 0.15) is 27.0 Å². The van der Waals surface area contributed by atoms with Crippen LogP contribution in [0.4, 0.5) is 11.5 Å². The summed E-state index contributed by atoms with van der Waals surface area (Å²) in [6.07, 6.45) is 1.62. The minimum atomic E-state index is -0.165. The van der Waals surface area contributed by atoms with E-state index >= 15 is 0 Å². The molecule has 0 atom stereocenters. The van der Waals surface area contributed by atoms with Crippen LogP contribution in [0.5, 0.6) is 11.5 Å². The highest BCUT2D eigenvalue weighted by Crippen LogP contribution is 2.32. The van der Waals surface area contributed by atoms with Crippen molar-refractivity contribution >= 4 is 17.4 Å². The lowest BCUT2D eigenvalue weighted by Crippen LogP contribution is -2.13. The van der Waals surface area contributed by atoms with Gasteiger partial charge >= 0.3 is 0 Å². The predicted octanol–water partition coefficient (Wildman–Crippen LogP) is 4.29. The summed E-state index contributed by atoms with van der Waals surface area (Å²) in [4.78, 5) is 16.9. The number of anilines is 2. The van der Waals surface area contributed by atoms with E-state index in [4.69, 9.17) is 9.47 Å². The summed E-state index contributed by atoms with van der Waals surface area (Å²) in [6.45, 7) is 4.79. The molecule has 1 aromatic heterocycles. The Balaban J connectivity index is 1.43. The number of aryl methyl sites for hydroxylation is 2. The first-order valence-electron chi connectivity index (χ1n) is 9.05. The molecule has 0 fully saturated rings. The second kappa shape index (κ2) is 7.60. The fourth-order valence-corrected chi connectivity index (χ4v) is 2.98. The Kier molecular flexibility index (Phi) is 4.85. The van der Waals surface area contributed by atoms with Gasteiger partial charge in [-0.3, -0.25) is 4.79 Å². The maximum Gasteiger partial charge on any atom is 0.255 e. The highest BCUT2D eigenvalue weighted by Gasteiger charge is 2.13. The van der Waals surface area contributed by atoms with Crippen molar-refractivity contribution < 1.29 is 14.3 Å². The third-order valence-corrected chi connectivity index (χ3v) is 4.57. The zero-order chi connectivity index (χ0) is 19.5. The lowest BCUT2D eigenvalue weighted by molar-refractivity contribution is 0.102. The molecule has 0 bridgehead atoms. The molecule has 6 nitrogen and oxygen atoms in total. The maximum atomic E-state index is 12.6.